The summed E-state index contributed by atoms with van der Waals surface area (Å²) in [6.45, 7) is -1.00. The van der Waals surface area contributed by atoms with Gasteiger partial charge in [0.25, 0.3) is 0 Å². The van der Waals surface area contributed by atoms with Gasteiger partial charge in [-0.3, -0.25) is 0 Å². The van der Waals surface area contributed by atoms with Crippen LogP contribution in [0.1, 0.15) is 23.3 Å². The van der Waals surface area contributed by atoms with Gasteiger partial charge in [-0.1, -0.05) is 59.6 Å². The summed E-state index contributed by atoms with van der Waals surface area (Å²) in [6, 6.07) is 28.1. The largest absolute Gasteiger partial charge is 0.497 e. The molecule has 0 saturated carbocycles. The number of benzene rings is 4. The second-order valence-electron chi connectivity index (χ2n) is 11.6. The number of hydrogen-bond acceptors (Lipinski definition) is 11. The van der Waals surface area contributed by atoms with Gasteiger partial charge in [0.1, 0.15) is 84.6 Å². The third-order valence-electron chi connectivity index (χ3n) is 8.11. The van der Waals surface area contributed by atoms with E-state index < -0.39 is 61.6 Å². The molecular formula is C37H41Cl2FO11. The molecule has 276 valence electrons. The molecule has 0 radical (unpaired) electrons. The van der Waals surface area contributed by atoms with Gasteiger partial charge in [-0.2, -0.15) is 0 Å². The van der Waals surface area contributed by atoms with Crippen molar-refractivity contribution in [1.82, 2.24) is 0 Å². The number of halogens is 3. The molecule has 0 bridgehead atoms. The van der Waals surface area contributed by atoms with Crippen molar-refractivity contribution in [3.63, 3.8) is 0 Å². The zero-order valence-electron chi connectivity index (χ0n) is 27.7. The van der Waals surface area contributed by atoms with Gasteiger partial charge >= 0.3 is 0 Å². The molecule has 2 aliphatic heterocycles. The van der Waals surface area contributed by atoms with Crippen molar-refractivity contribution >= 4 is 23.2 Å². The predicted octanol–water partition coefficient (Wildman–Crippen LogP) is 4.82. The molecule has 0 amide bonds. The number of hydrogen-bond donors (Lipinski definition) is 6. The molecule has 11 nitrogen and oxygen atoms in total. The molecule has 2 heterocycles. The van der Waals surface area contributed by atoms with Gasteiger partial charge in [-0.25, -0.2) is 4.39 Å². The predicted molar refractivity (Wildman–Crippen MR) is 187 cm³/mol. The van der Waals surface area contributed by atoms with Gasteiger partial charge < -0.3 is 54.3 Å². The van der Waals surface area contributed by atoms with Crippen molar-refractivity contribution in [1.29, 1.82) is 0 Å². The van der Waals surface area contributed by atoms with Crippen molar-refractivity contribution in [2.24, 2.45) is 0 Å². The van der Waals surface area contributed by atoms with E-state index in [0.717, 1.165) is 5.75 Å². The lowest BCUT2D eigenvalue weighted by Gasteiger charge is -2.39. The fraction of sp³-hybridized carbons (Fsp3) is 0.351. The number of para-hydroxylation sites is 1. The molecular weight excluding hydrogens is 710 g/mol. The fourth-order valence-electron chi connectivity index (χ4n) is 5.21. The quantitative estimate of drug-likeness (QED) is 0.153. The maximum absolute atomic E-state index is 12.7. The van der Waals surface area contributed by atoms with Crippen LogP contribution in [0.3, 0.4) is 0 Å². The topological polar surface area (TPSA) is 168 Å². The minimum atomic E-state index is -1.44. The number of aliphatic hydroxyl groups excluding tert-OH is 6. The zero-order valence-corrected chi connectivity index (χ0v) is 29.2. The van der Waals surface area contributed by atoms with Crippen molar-refractivity contribution < 1.29 is 58.7 Å². The lowest BCUT2D eigenvalue weighted by Crippen LogP contribution is -2.54. The molecule has 0 aliphatic carbocycles. The van der Waals surface area contributed by atoms with Crippen LogP contribution in [-0.2, 0) is 9.47 Å². The maximum Gasteiger partial charge on any atom is 0.146 e. The molecule has 0 spiro atoms. The van der Waals surface area contributed by atoms with Crippen LogP contribution in [0.5, 0.6) is 23.0 Å². The van der Waals surface area contributed by atoms with Crippen molar-refractivity contribution in [3.8, 4) is 23.0 Å². The van der Waals surface area contributed by atoms with E-state index in [0.29, 0.717) is 38.4 Å². The highest BCUT2D eigenvalue weighted by molar-refractivity contribution is 6.32. The number of methoxy groups -OCH3 is 2. The third kappa shape index (κ3) is 10.7. The third-order valence-corrected chi connectivity index (χ3v) is 8.68. The summed E-state index contributed by atoms with van der Waals surface area (Å²) in [6.07, 6.45) is -10.7. The van der Waals surface area contributed by atoms with E-state index in [1.54, 1.807) is 80.9 Å². The van der Waals surface area contributed by atoms with Crippen molar-refractivity contribution in [2.75, 3.05) is 27.5 Å². The number of ether oxygens (including phenoxy) is 5. The average Bonchev–Trinajstić information content (AvgIpc) is 3.16. The number of rotatable bonds is 7. The van der Waals surface area contributed by atoms with Crippen LogP contribution in [-0.4, -0.2) is 101 Å². The Hall–Kier alpha value is -3.53. The molecule has 14 heteroatoms. The Balaban J connectivity index is 0.000000194. The highest BCUT2D eigenvalue weighted by atomic mass is 35.5. The summed E-state index contributed by atoms with van der Waals surface area (Å²) in [5.41, 5.74) is 1.16. The monoisotopic (exact) mass is 750 g/mol. The first-order valence-electron chi connectivity index (χ1n) is 15.8. The van der Waals surface area contributed by atoms with E-state index in [9.17, 15) is 35.0 Å². The molecule has 51 heavy (non-hydrogen) atoms. The molecule has 2 fully saturated rings. The van der Waals surface area contributed by atoms with Gasteiger partial charge in [-0.15, -0.1) is 0 Å². The second-order valence-corrected chi connectivity index (χ2v) is 12.4. The summed E-state index contributed by atoms with van der Waals surface area (Å²) < 4.78 is 39.2. The first-order chi connectivity index (χ1) is 24.5. The SMILES string of the molecule is COc1ccc(Oc2cc([C@@H]3OC[C@@H](O)[C@H](O)[C@H]3O)ccc2Cl)cc1.COc1ccccc1.O[C@@H]1[C@@H](O)[C@H](c2ccc(Cl)cc2)O[C@H](CF)[C@H]1O. The van der Waals surface area contributed by atoms with E-state index in [-0.39, 0.29) is 6.61 Å². The number of aliphatic hydroxyl groups is 6. The van der Waals surface area contributed by atoms with Gasteiger partial charge in [0, 0.05) is 5.02 Å². The van der Waals surface area contributed by atoms with E-state index in [1.165, 1.54) is 0 Å². The first kappa shape index (κ1) is 40.2. The molecule has 2 aliphatic rings. The minimum Gasteiger partial charge on any atom is -0.497 e. The number of alkyl halides is 1. The van der Waals surface area contributed by atoms with Crippen LogP contribution in [0.25, 0.3) is 0 Å². The summed E-state index contributed by atoms with van der Waals surface area (Å²) in [4.78, 5) is 0. The second kappa shape index (κ2) is 19.3. The Kier molecular flexibility index (Phi) is 15.3. The van der Waals surface area contributed by atoms with Crippen molar-refractivity contribution in [3.05, 3.63) is 118 Å². The van der Waals surface area contributed by atoms with E-state index in [1.807, 2.05) is 30.3 Å². The Morgan fingerprint density at radius 3 is 1.80 bits per heavy atom. The molecule has 6 rings (SSSR count). The van der Waals surface area contributed by atoms with E-state index in [2.05, 4.69) is 0 Å². The minimum absolute atomic E-state index is 0.0693. The van der Waals surface area contributed by atoms with Gasteiger partial charge in [0.15, 0.2) is 0 Å². The Morgan fingerprint density at radius 2 is 1.22 bits per heavy atom. The smallest absolute Gasteiger partial charge is 0.146 e. The van der Waals surface area contributed by atoms with Gasteiger partial charge in [-0.05, 0) is 71.8 Å². The van der Waals surface area contributed by atoms with Crippen molar-refractivity contribution in [2.45, 2.75) is 54.9 Å². The molecule has 0 unspecified atom stereocenters. The molecule has 9 atom stereocenters. The van der Waals surface area contributed by atoms with Crippen LogP contribution >= 0.6 is 23.2 Å². The summed E-state index contributed by atoms with van der Waals surface area (Å²) in [5, 5.41) is 59.5. The van der Waals surface area contributed by atoms with Crippen LogP contribution < -0.4 is 14.2 Å². The molecule has 0 aromatic heterocycles. The first-order valence-corrected chi connectivity index (χ1v) is 16.6. The standard InChI is InChI=1S/C18H19ClO6.C12H14ClFO4.C7H8O/c1-23-11-3-5-12(6-4-11)25-15-8-10(2-7-13(15)19)18-17(22)16(21)14(20)9-24-18;13-7-3-1-6(2-4-7)12-11(17)10(16)9(15)8(5-14)18-12;1-8-7-5-3-2-4-6-7/h2-8,14,16-18,20-22H,9H2,1H3;1-4,8-12,15-17H,5H2;2-6H,1H3/t14-,16+,17-,18+;8-,9-,10+,11-,12+;/m11./s1. The summed E-state index contributed by atoms with van der Waals surface area (Å²) in [7, 11) is 3.24. The lowest BCUT2D eigenvalue weighted by molar-refractivity contribution is -0.227. The Labute approximate surface area is 304 Å². The Morgan fingerprint density at radius 1 is 0.647 bits per heavy atom. The van der Waals surface area contributed by atoms with Crippen LogP contribution in [0.2, 0.25) is 10.0 Å². The van der Waals surface area contributed by atoms with Crippen LogP contribution in [0.4, 0.5) is 4.39 Å². The summed E-state index contributed by atoms with van der Waals surface area (Å²) in [5.74, 6) is 2.58. The molecule has 4 aromatic rings. The summed E-state index contributed by atoms with van der Waals surface area (Å²) >= 11 is 11.9. The molecule has 4 aromatic carbocycles. The lowest BCUT2D eigenvalue weighted by atomic mass is 9.91. The average molecular weight is 752 g/mol. The fourth-order valence-corrected chi connectivity index (χ4v) is 5.49. The highest BCUT2D eigenvalue weighted by Gasteiger charge is 2.44. The van der Waals surface area contributed by atoms with E-state index >= 15 is 0 Å². The normalized spacial score (nSPS) is 27.2. The zero-order chi connectivity index (χ0) is 37.1. The van der Waals surface area contributed by atoms with Crippen LogP contribution in [0, 0.1) is 0 Å². The Bertz CT molecular complexity index is 1620. The molecule has 2 saturated heterocycles. The maximum atomic E-state index is 12.7. The van der Waals surface area contributed by atoms with E-state index in [4.69, 9.17) is 46.9 Å². The molecule has 6 N–H and O–H groups in total. The van der Waals surface area contributed by atoms with Gasteiger partial charge in [0.05, 0.1) is 25.8 Å². The van der Waals surface area contributed by atoms with Gasteiger partial charge in [0.2, 0.25) is 0 Å². The van der Waals surface area contributed by atoms with Crippen LogP contribution in [0.15, 0.2) is 97.1 Å². The highest BCUT2D eigenvalue weighted by Crippen LogP contribution is 2.37.